The Balaban J connectivity index is 1.69. The number of likely N-dealkylation sites (tertiary alicyclic amines) is 1. The quantitative estimate of drug-likeness (QED) is 0.709. The third-order valence-corrected chi connectivity index (χ3v) is 3.85. The van der Waals surface area contributed by atoms with E-state index in [2.05, 4.69) is 17.1 Å². The van der Waals surface area contributed by atoms with E-state index >= 15 is 0 Å². The molecule has 0 aliphatic carbocycles. The van der Waals surface area contributed by atoms with E-state index in [9.17, 15) is 4.79 Å². The van der Waals surface area contributed by atoms with Crippen LogP contribution >= 0.6 is 0 Å². The maximum absolute atomic E-state index is 12.3. The van der Waals surface area contributed by atoms with Crippen molar-refractivity contribution < 1.29 is 13.9 Å². The Morgan fingerprint density at radius 1 is 1.52 bits per heavy atom. The summed E-state index contributed by atoms with van der Waals surface area (Å²) in [6.45, 7) is 5.96. The van der Waals surface area contributed by atoms with Crippen LogP contribution in [0.2, 0.25) is 0 Å². The van der Waals surface area contributed by atoms with Gasteiger partial charge in [0.2, 0.25) is 5.91 Å². The summed E-state index contributed by atoms with van der Waals surface area (Å²) in [4.78, 5) is 14.5. The average molecular weight is 294 g/mol. The number of carbonyl (C=O) groups excluding carboxylic acids is 1. The summed E-state index contributed by atoms with van der Waals surface area (Å²) in [5.74, 6) is 0.883. The number of furan rings is 1. The van der Waals surface area contributed by atoms with Gasteiger partial charge in [0.1, 0.15) is 5.76 Å². The lowest BCUT2D eigenvalue weighted by molar-refractivity contribution is -0.125. The highest BCUT2D eigenvalue weighted by molar-refractivity contribution is 5.81. The number of ether oxygens (including phenoxy) is 1. The molecule has 2 rings (SSSR count). The van der Waals surface area contributed by atoms with Crippen LogP contribution in [-0.4, -0.2) is 43.2 Å². The normalized spacial score (nSPS) is 19.0. The average Bonchev–Trinajstić information content (AvgIpc) is 3.16. The molecule has 1 amide bonds. The van der Waals surface area contributed by atoms with Gasteiger partial charge in [-0.3, -0.25) is 9.69 Å². The maximum atomic E-state index is 12.3. The second-order valence-electron chi connectivity index (χ2n) is 5.46. The minimum absolute atomic E-state index is 0.0188. The molecule has 0 radical (unpaired) electrons. The first-order chi connectivity index (χ1) is 10.3. The van der Waals surface area contributed by atoms with Gasteiger partial charge in [-0.1, -0.05) is 13.3 Å². The van der Waals surface area contributed by atoms with Gasteiger partial charge in [-0.05, 0) is 37.9 Å². The van der Waals surface area contributed by atoms with E-state index in [1.165, 1.54) is 0 Å². The minimum atomic E-state index is -0.0188. The van der Waals surface area contributed by atoms with Crippen LogP contribution in [0.25, 0.3) is 0 Å². The molecule has 0 bridgehead atoms. The van der Waals surface area contributed by atoms with Crippen molar-refractivity contribution in [1.29, 1.82) is 0 Å². The van der Waals surface area contributed by atoms with E-state index in [0.717, 1.165) is 51.1 Å². The van der Waals surface area contributed by atoms with Gasteiger partial charge in [0.05, 0.1) is 25.5 Å². The third-order valence-electron chi connectivity index (χ3n) is 3.85. The first kappa shape index (κ1) is 16.0. The first-order valence-corrected chi connectivity index (χ1v) is 7.93. The number of nitrogens with one attached hydrogen (secondary N) is 1. The Morgan fingerprint density at radius 3 is 3.19 bits per heavy atom. The molecule has 1 aliphatic heterocycles. The molecule has 1 aliphatic rings. The lowest BCUT2D eigenvalue weighted by atomic mass is 10.2. The van der Waals surface area contributed by atoms with Crippen molar-refractivity contribution in [2.24, 2.45) is 0 Å². The number of carbonyl (C=O) groups is 1. The highest BCUT2D eigenvalue weighted by Gasteiger charge is 2.30. The molecule has 1 fully saturated rings. The van der Waals surface area contributed by atoms with Crippen molar-refractivity contribution in [3.05, 3.63) is 24.2 Å². The predicted molar refractivity (Wildman–Crippen MR) is 80.9 cm³/mol. The molecule has 1 aromatic rings. The third kappa shape index (κ3) is 5.17. The molecule has 1 saturated heterocycles. The largest absolute Gasteiger partial charge is 0.467 e. The van der Waals surface area contributed by atoms with Crippen LogP contribution in [0.1, 0.15) is 38.4 Å². The Morgan fingerprint density at radius 2 is 2.43 bits per heavy atom. The van der Waals surface area contributed by atoms with Gasteiger partial charge in [-0.2, -0.15) is 0 Å². The summed E-state index contributed by atoms with van der Waals surface area (Å²) in [5, 5.41) is 2.95. The molecule has 5 nitrogen and oxygen atoms in total. The smallest absolute Gasteiger partial charge is 0.237 e. The van der Waals surface area contributed by atoms with Gasteiger partial charge < -0.3 is 14.5 Å². The van der Waals surface area contributed by atoms with Crippen LogP contribution in [0.3, 0.4) is 0 Å². The minimum Gasteiger partial charge on any atom is -0.467 e. The lowest BCUT2D eigenvalue weighted by Crippen LogP contribution is -2.44. The molecule has 1 atom stereocenters. The maximum Gasteiger partial charge on any atom is 0.237 e. The molecular formula is C16H26N2O3. The zero-order valence-corrected chi connectivity index (χ0v) is 12.8. The summed E-state index contributed by atoms with van der Waals surface area (Å²) in [7, 11) is 0. The number of amides is 1. The standard InChI is InChI=1S/C16H26N2O3/c1-2-3-10-20-12-9-18-8-4-7-15(18)16(19)17-13-14-6-5-11-21-14/h5-6,11,15H,2-4,7-10,12-13H2,1H3,(H,17,19)/t15-/m0/s1. The van der Waals surface area contributed by atoms with Gasteiger partial charge in [0.25, 0.3) is 0 Å². The van der Waals surface area contributed by atoms with E-state index < -0.39 is 0 Å². The van der Waals surface area contributed by atoms with Crippen molar-refractivity contribution >= 4 is 5.91 Å². The molecule has 0 unspecified atom stereocenters. The van der Waals surface area contributed by atoms with Gasteiger partial charge in [-0.15, -0.1) is 0 Å². The SMILES string of the molecule is CCCCOCCN1CCC[C@H]1C(=O)NCc1ccco1. The van der Waals surface area contributed by atoms with Gasteiger partial charge in [0, 0.05) is 13.2 Å². The van der Waals surface area contributed by atoms with Crippen LogP contribution < -0.4 is 5.32 Å². The Kier molecular flexibility index (Phi) is 6.76. The number of unbranched alkanes of at least 4 members (excludes halogenated alkanes) is 1. The summed E-state index contributed by atoms with van der Waals surface area (Å²) < 4.78 is 10.8. The van der Waals surface area contributed by atoms with Gasteiger partial charge in [-0.25, -0.2) is 0 Å². The first-order valence-electron chi connectivity index (χ1n) is 7.93. The number of nitrogens with zero attached hydrogens (tertiary/aromatic N) is 1. The van der Waals surface area contributed by atoms with E-state index in [4.69, 9.17) is 9.15 Å². The van der Waals surface area contributed by atoms with Crippen molar-refractivity contribution in [2.45, 2.75) is 45.2 Å². The van der Waals surface area contributed by atoms with Crippen LogP contribution in [-0.2, 0) is 16.1 Å². The van der Waals surface area contributed by atoms with Crippen LogP contribution in [0, 0.1) is 0 Å². The summed E-state index contributed by atoms with van der Waals surface area (Å²) in [5.41, 5.74) is 0. The predicted octanol–water partition coefficient (Wildman–Crippen LogP) is 2.18. The molecule has 1 aromatic heterocycles. The molecule has 5 heteroatoms. The number of hydrogen-bond donors (Lipinski definition) is 1. The topological polar surface area (TPSA) is 54.7 Å². The highest BCUT2D eigenvalue weighted by Crippen LogP contribution is 2.17. The fourth-order valence-corrected chi connectivity index (χ4v) is 2.63. The molecule has 21 heavy (non-hydrogen) atoms. The van der Waals surface area contributed by atoms with Crippen LogP contribution in [0.15, 0.2) is 22.8 Å². The Bertz CT molecular complexity index is 406. The van der Waals surface area contributed by atoms with Crippen LogP contribution in [0.4, 0.5) is 0 Å². The second kappa shape index (κ2) is 8.85. The second-order valence-corrected chi connectivity index (χ2v) is 5.46. The Hall–Kier alpha value is -1.33. The monoisotopic (exact) mass is 294 g/mol. The van der Waals surface area contributed by atoms with Crippen molar-refractivity contribution in [1.82, 2.24) is 10.2 Å². The number of rotatable bonds is 9. The highest BCUT2D eigenvalue weighted by atomic mass is 16.5. The molecule has 1 N–H and O–H groups in total. The molecular weight excluding hydrogens is 268 g/mol. The molecule has 118 valence electrons. The number of hydrogen-bond acceptors (Lipinski definition) is 4. The van der Waals surface area contributed by atoms with Crippen LogP contribution in [0.5, 0.6) is 0 Å². The zero-order chi connectivity index (χ0) is 14.9. The zero-order valence-electron chi connectivity index (χ0n) is 12.8. The Labute approximate surface area is 126 Å². The molecule has 0 aromatic carbocycles. The fraction of sp³-hybridized carbons (Fsp3) is 0.688. The van der Waals surface area contributed by atoms with Gasteiger partial charge in [0.15, 0.2) is 0 Å². The van der Waals surface area contributed by atoms with Crippen molar-refractivity contribution in [3.8, 4) is 0 Å². The van der Waals surface area contributed by atoms with Crippen molar-refractivity contribution in [3.63, 3.8) is 0 Å². The van der Waals surface area contributed by atoms with E-state index in [1.807, 2.05) is 12.1 Å². The molecule has 2 heterocycles. The van der Waals surface area contributed by atoms with E-state index in [0.29, 0.717) is 13.2 Å². The summed E-state index contributed by atoms with van der Waals surface area (Å²) >= 11 is 0. The molecule has 0 spiro atoms. The van der Waals surface area contributed by atoms with Gasteiger partial charge >= 0.3 is 0 Å². The van der Waals surface area contributed by atoms with Crippen molar-refractivity contribution in [2.75, 3.05) is 26.3 Å². The summed E-state index contributed by atoms with van der Waals surface area (Å²) in [6, 6.07) is 3.68. The fourth-order valence-electron chi connectivity index (χ4n) is 2.63. The van der Waals surface area contributed by atoms with E-state index in [-0.39, 0.29) is 11.9 Å². The molecule has 0 saturated carbocycles. The summed E-state index contributed by atoms with van der Waals surface area (Å²) in [6.07, 6.45) is 5.89. The van der Waals surface area contributed by atoms with E-state index in [1.54, 1.807) is 6.26 Å². The lowest BCUT2D eigenvalue weighted by Gasteiger charge is -2.23.